The number of pyridine rings is 1. The Bertz CT molecular complexity index is 1560. The Kier molecular flexibility index (Phi) is 9.07. The topological polar surface area (TPSA) is 202 Å². The van der Waals surface area contributed by atoms with Crippen LogP contribution in [0.2, 0.25) is 0 Å². The molecule has 0 saturated carbocycles. The van der Waals surface area contributed by atoms with Crippen LogP contribution in [0.5, 0.6) is 0 Å². The number of aromatic carboxylic acids is 1. The highest BCUT2D eigenvalue weighted by Gasteiger charge is 2.29. The number of hydrogen-bond acceptors (Lipinski definition) is 9. The highest BCUT2D eigenvalue weighted by Crippen LogP contribution is 2.33. The highest BCUT2D eigenvalue weighted by atomic mass is 32.2. The summed E-state index contributed by atoms with van der Waals surface area (Å²) in [4.78, 5) is 42.6. The van der Waals surface area contributed by atoms with E-state index in [0.29, 0.717) is 16.1 Å². The van der Waals surface area contributed by atoms with Crippen LogP contribution in [0.15, 0.2) is 47.8 Å². The van der Waals surface area contributed by atoms with Gasteiger partial charge in [0.25, 0.3) is 21.9 Å². The number of hydrogen-bond donors (Lipinski definition) is 5. The third-order valence-corrected chi connectivity index (χ3v) is 7.25. The monoisotopic (exact) mass is 587 g/mol. The Morgan fingerprint density at radius 2 is 1.75 bits per heavy atom. The van der Waals surface area contributed by atoms with Gasteiger partial charge in [-0.05, 0) is 53.3 Å². The Hall–Kier alpha value is -4.14. The van der Waals surface area contributed by atoms with Crippen LogP contribution in [0.3, 0.4) is 0 Å². The van der Waals surface area contributed by atoms with Crippen molar-refractivity contribution >= 4 is 50.8 Å². The molecule has 3 aromatic rings. The van der Waals surface area contributed by atoms with E-state index in [1.807, 2.05) is 0 Å². The highest BCUT2D eigenvalue weighted by molar-refractivity contribution is 7.85. The molecular weight excluding hydrogens is 558 g/mol. The van der Waals surface area contributed by atoms with Gasteiger partial charge in [0.15, 0.2) is 5.69 Å². The molecule has 2 heterocycles. The van der Waals surface area contributed by atoms with Crippen LogP contribution in [0.1, 0.15) is 57.7 Å². The molecule has 3 rings (SSSR count). The molecule has 0 spiro atoms. The number of thiophene rings is 1. The summed E-state index contributed by atoms with van der Waals surface area (Å²) >= 11 is 1.13. The predicted octanol–water partition coefficient (Wildman–Crippen LogP) is 3.17. The number of nitrogens with two attached hydrogens (primary N) is 1. The van der Waals surface area contributed by atoms with E-state index in [1.165, 1.54) is 12.1 Å². The first kappa shape index (κ1) is 30.4. The van der Waals surface area contributed by atoms with E-state index < -0.39 is 45.1 Å². The van der Waals surface area contributed by atoms with Gasteiger partial charge in [0.1, 0.15) is 11.5 Å². The van der Waals surface area contributed by atoms with E-state index in [-0.39, 0.29) is 29.3 Å². The first-order chi connectivity index (χ1) is 18.6. The van der Waals surface area contributed by atoms with Crippen molar-refractivity contribution in [3.8, 4) is 10.4 Å². The van der Waals surface area contributed by atoms with Crippen molar-refractivity contribution in [3.05, 3.63) is 70.4 Å². The fourth-order valence-electron chi connectivity index (χ4n) is 3.49. The van der Waals surface area contributed by atoms with E-state index in [2.05, 4.69) is 15.6 Å². The van der Waals surface area contributed by atoms with Crippen LogP contribution in [-0.4, -0.2) is 61.0 Å². The lowest BCUT2D eigenvalue weighted by molar-refractivity contribution is 0.0690. The van der Waals surface area contributed by atoms with Crippen molar-refractivity contribution in [2.75, 3.05) is 18.2 Å². The molecule has 0 radical (unpaired) electrons. The molecule has 14 heteroatoms. The third-order valence-electron chi connectivity index (χ3n) is 5.74. The van der Waals surface area contributed by atoms with Crippen molar-refractivity contribution in [1.82, 2.24) is 10.3 Å². The van der Waals surface area contributed by atoms with Gasteiger partial charge in [0.05, 0.1) is 24.5 Å². The number of carboxylic acids is 1. The molecule has 0 bridgehead atoms. The Morgan fingerprint density at radius 1 is 1.10 bits per heavy atom. The van der Waals surface area contributed by atoms with Gasteiger partial charge in [0, 0.05) is 21.7 Å². The molecule has 0 fully saturated rings. The summed E-state index contributed by atoms with van der Waals surface area (Å²) < 4.78 is 27.8. The van der Waals surface area contributed by atoms with Gasteiger partial charge >= 0.3 is 5.97 Å². The number of nitrogens with one attached hydrogen (secondary N) is 3. The minimum atomic E-state index is -3.75. The Balaban J connectivity index is 1.88. The van der Waals surface area contributed by atoms with Gasteiger partial charge < -0.3 is 21.5 Å². The summed E-state index contributed by atoms with van der Waals surface area (Å²) in [7, 11) is -3.75. The van der Waals surface area contributed by atoms with E-state index in [1.54, 1.807) is 56.5 Å². The van der Waals surface area contributed by atoms with E-state index in [0.717, 1.165) is 17.6 Å². The van der Waals surface area contributed by atoms with Crippen LogP contribution in [0.4, 0.5) is 5.69 Å². The number of carbonyl (C=O) groups excluding carboxylic acids is 2. The minimum absolute atomic E-state index is 0.111. The lowest BCUT2D eigenvalue weighted by Gasteiger charge is -2.30. The molecule has 0 aliphatic heterocycles. The Morgan fingerprint density at radius 3 is 2.30 bits per heavy atom. The summed E-state index contributed by atoms with van der Waals surface area (Å²) in [6.07, 6.45) is 0.900. The lowest BCUT2D eigenvalue weighted by atomic mass is 9.87. The molecule has 2 amide bonds. The first-order valence-electron chi connectivity index (χ1n) is 11.8. The SMILES string of the molecule is CC(C)(C)[C@@H](COS(C)(=O)=O)NC(=O)c1ccc(-c2sccc2C(=O)Nc2ccc(C(=N)N)cc2)c(C(=O)O)n1. The second kappa shape index (κ2) is 11.9. The second-order valence-corrected chi connectivity index (χ2v) is 12.4. The van der Waals surface area contributed by atoms with Crippen LogP contribution in [-0.2, 0) is 14.3 Å². The average molecular weight is 588 g/mol. The van der Waals surface area contributed by atoms with Crippen molar-refractivity contribution < 1.29 is 32.1 Å². The number of rotatable bonds is 10. The maximum atomic E-state index is 13.0. The molecule has 0 saturated heterocycles. The zero-order valence-corrected chi connectivity index (χ0v) is 23.8. The minimum Gasteiger partial charge on any atom is -0.476 e. The number of nitrogen functional groups attached to an aromatic ring is 1. The number of amides is 2. The van der Waals surface area contributed by atoms with E-state index in [9.17, 15) is 27.9 Å². The maximum Gasteiger partial charge on any atom is 0.355 e. The quantitative estimate of drug-likeness (QED) is 0.134. The van der Waals surface area contributed by atoms with Gasteiger partial charge in [-0.15, -0.1) is 11.3 Å². The number of amidine groups is 1. The number of anilines is 1. The van der Waals surface area contributed by atoms with Gasteiger partial charge in [-0.3, -0.25) is 19.2 Å². The molecule has 212 valence electrons. The number of benzene rings is 1. The fourth-order valence-corrected chi connectivity index (χ4v) is 4.79. The molecule has 0 aliphatic carbocycles. The Labute approximate surface area is 235 Å². The molecule has 2 aromatic heterocycles. The summed E-state index contributed by atoms with van der Waals surface area (Å²) in [5.41, 5.74) is 5.51. The van der Waals surface area contributed by atoms with E-state index in [4.69, 9.17) is 15.3 Å². The summed E-state index contributed by atoms with van der Waals surface area (Å²) in [6.45, 7) is 5.03. The molecule has 12 nitrogen and oxygen atoms in total. The lowest BCUT2D eigenvalue weighted by Crippen LogP contribution is -2.47. The van der Waals surface area contributed by atoms with Crippen LogP contribution < -0.4 is 16.4 Å². The van der Waals surface area contributed by atoms with E-state index >= 15 is 0 Å². The molecule has 6 N–H and O–H groups in total. The van der Waals surface area contributed by atoms with Gasteiger partial charge in [-0.2, -0.15) is 8.42 Å². The van der Waals surface area contributed by atoms with Gasteiger partial charge in [-0.25, -0.2) is 9.78 Å². The normalized spacial score (nSPS) is 12.4. The number of carboxylic acid groups (broad SMARTS) is 1. The van der Waals surface area contributed by atoms with Crippen LogP contribution in [0.25, 0.3) is 10.4 Å². The zero-order chi connectivity index (χ0) is 29.8. The molecule has 1 atom stereocenters. The largest absolute Gasteiger partial charge is 0.476 e. The van der Waals surface area contributed by atoms with Gasteiger partial charge in [-0.1, -0.05) is 20.8 Å². The summed E-state index contributed by atoms with van der Waals surface area (Å²) in [6, 6.07) is 9.88. The van der Waals surface area contributed by atoms with Gasteiger partial charge in [0.2, 0.25) is 0 Å². The van der Waals surface area contributed by atoms with Crippen LogP contribution in [0, 0.1) is 10.8 Å². The molecule has 0 unspecified atom stereocenters. The van der Waals surface area contributed by atoms with Crippen molar-refractivity contribution in [3.63, 3.8) is 0 Å². The van der Waals surface area contributed by atoms with Crippen LogP contribution >= 0.6 is 11.3 Å². The average Bonchev–Trinajstić information content (AvgIpc) is 3.35. The van der Waals surface area contributed by atoms with Crippen molar-refractivity contribution in [1.29, 1.82) is 5.41 Å². The maximum absolute atomic E-state index is 13.0. The fraction of sp³-hybridized carbons (Fsp3) is 0.269. The third kappa shape index (κ3) is 7.71. The number of carbonyl (C=O) groups is 3. The molecule has 1 aromatic carbocycles. The van der Waals surface area contributed by atoms with Crippen molar-refractivity contribution in [2.45, 2.75) is 26.8 Å². The number of nitrogens with zero attached hydrogens (tertiary/aromatic N) is 1. The molecule has 40 heavy (non-hydrogen) atoms. The molecule has 0 aliphatic rings. The standard InChI is InChI=1S/C26H29N5O7S2/c1-26(2,3)19(13-38-40(4,36)37)31-24(33)18-10-9-16(20(30-18)25(34)35)21-17(11-12-39-21)23(32)29-15-7-5-14(6-8-15)22(27)28/h5-12,19H,13H2,1-4H3,(H3,27,28)(H,29,32)(H,31,33)(H,34,35)/t19-/m1/s1. The summed E-state index contributed by atoms with van der Waals surface area (Å²) in [5, 5.41) is 24.4. The van der Waals surface area contributed by atoms with Crippen molar-refractivity contribution in [2.24, 2.45) is 11.1 Å². The summed E-state index contributed by atoms with van der Waals surface area (Å²) in [5.74, 6) is -2.73. The second-order valence-electron chi connectivity index (χ2n) is 9.89. The zero-order valence-electron chi connectivity index (χ0n) is 22.1. The first-order valence-corrected chi connectivity index (χ1v) is 14.5. The predicted molar refractivity (Wildman–Crippen MR) is 151 cm³/mol. The number of aromatic nitrogens is 1. The molecular formula is C26H29N5O7S2. The smallest absolute Gasteiger partial charge is 0.355 e.